The van der Waals surface area contributed by atoms with Gasteiger partial charge in [-0.2, -0.15) is 5.26 Å². The van der Waals surface area contributed by atoms with Gasteiger partial charge in [0.25, 0.3) is 0 Å². The average molecular weight is 246 g/mol. The molecule has 0 aromatic heterocycles. The lowest BCUT2D eigenvalue weighted by Gasteiger charge is -2.19. The third-order valence-corrected chi connectivity index (χ3v) is 2.86. The van der Waals surface area contributed by atoms with Crippen LogP contribution in [0, 0.1) is 25.2 Å². The van der Waals surface area contributed by atoms with Gasteiger partial charge in [0.2, 0.25) is 5.91 Å². The third-order valence-electron chi connectivity index (χ3n) is 2.86. The van der Waals surface area contributed by atoms with Crippen LogP contribution in [0.25, 0.3) is 0 Å². The van der Waals surface area contributed by atoms with Crippen molar-refractivity contribution in [2.45, 2.75) is 26.7 Å². The standard InChI is InChI=1S/C14H18N2O2/c1-10-8-12(9-11(2)14(10)18-4)16(3)13(17)6-5-7-15/h8-9H,5-6H2,1-4H3. The number of carbonyl (C=O) groups is 1. The Morgan fingerprint density at radius 3 is 2.39 bits per heavy atom. The number of nitriles is 1. The predicted octanol–water partition coefficient (Wildman–Crippen LogP) is 2.58. The number of methoxy groups -OCH3 is 1. The van der Waals surface area contributed by atoms with Crippen LogP contribution in [-0.4, -0.2) is 20.1 Å². The molecular weight excluding hydrogens is 228 g/mol. The molecule has 0 spiro atoms. The molecule has 4 heteroatoms. The molecular formula is C14H18N2O2. The minimum absolute atomic E-state index is 0.0551. The fourth-order valence-corrected chi connectivity index (χ4v) is 1.92. The molecule has 0 saturated carbocycles. The van der Waals surface area contributed by atoms with E-state index in [1.165, 1.54) is 0 Å². The normalized spacial score (nSPS) is 9.72. The van der Waals surface area contributed by atoms with Crippen molar-refractivity contribution in [3.63, 3.8) is 0 Å². The summed E-state index contributed by atoms with van der Waals surface area (Å²) < 4.78 is 5.29. The second-order valence-electron chi connectivity index (χ2n) is 4.22. The van der Waals surface area contributed by atoms with Gasteiger partial charge in [0.1, 0.15) is 5.75 Å². The smallest absolute Gasteiger partial charge is 0.227 e. The van der Waals surface area contributed by atoms with E-state index in [0.29, 0.717) is 0 Å². The first-order valence-corrected chi connectivity index (χ1v) is 5.80. The van der Waals surface area contributed by atoms with Crippen LogP contribution in [0.5, 0.6) is 5.75 Å². The van der Waals surface area contributed by atoms with Gasteiger partial charge >= 0.3 is 0 Å². The van der Waals surface area contributed by atoms with Gasteiger partial charge < -0.3 is 9.64 Å². The molecule has 0 aliphatic rings. The maximum Gasteiger partial charge on any atom is 0.227 e. The van der Waals surface area contributed by atoms with Crippen LogP contribution in [0.3, 0.4) is 0 Å². The molecule has 0 heterocycles. The lowest BCUT2D eigenvalue weighted by Crippen LogP contribution is -2.25. The summed E-state index contributed by atoms with van der Waals surface area (Å²) in [6.45, 7) is 3.89. The highest BCUT2D eigenvalue weighted by Gasteiger charge is 2.13. The molecule has 0 radical (unpaired) electrons. The zero-order valence-corrected chi connectivity index (χ0v) is 11.3. The second-order valence-corrected chi connectivity index (χ2v) is 4.22. The minimum atomic E-state index is -0.0551. The van der Waals surface area contributed by atoms with E-state index in [2.05, 4.69) is 0 Å². The van der Waals surface area contributed by atoms with E-state index in [1.807, 2.05) is 32.0 Å². The number of aryl methyl sites for hydroxylation is 2. The summed E-state index contributed by atoms with van der Waals surface area (Å²) in [5.74, 6) is 0.789. The van der Waals surface area contributed by atoms with Crippen molar-refractivity contribution in [2.24, 2.45) is 0 Å². The van der Waals surface area contributed by atoms with E-state index in [4.69, 9.17) is 10.00 Å². The summed E-state index contributed by atoms with van der Waals surface area (Å²) in [5.41, 5.74) is 2.81. The molecule has 1 amide bonds. The molecule has 0 aliphatic carbocycles. The first-order valence-electron chi connectivity index (χ1n) is 5.80. The topological polar surface area (TPSA) is 53.3 Å². The Kier molecular flexibility index (Phi) is 4.73. The van der Waals surface area contributed by atoms with Gasteiger partial charge in [-0.05, 0) is 37.1 Å². The van der Waals surface area contributed by atoms with E-state index in [1.54, 1.807) is 19.1 Å². The van der Waals surface area contributed by atoms with E-state index in [9.17, 15) is 4.79 Å². The van der Waals surface area contributed by atoms with Crippen LogP contribution >= 0.6 is 0 Å². The van der Waals surface area contributed by atoms with Gasteiger partial charge in [-0.25, -0.2) is 0 Å². The van der Waals surface area contributed by atoms with Gasteiger partial charge in [0, 0.05) is 25.6 Å². The number of hydrogen-bond donors (Lipinski definition) is 0. The molecule has 4 nitrogen and oxygen atoms in total. The summed E-state index contributed by atoms with van der Waals surface area (Å²) in [4.78, 5) is 13.4. The molecule has 0 aliphatic heterocycles. The van der Waals surface area contributed by atoms with Crippen LogP contribution in [0.15, 0.2) is 12.1 Å². The fourth-order valence-electron chi connectivity index (χ4n) is 1.92. The van der Waals surface area contributed by atoms with Crippen molar-refractivity contribution in [3.05, 3.63) is 23.3 Å². The molecule has 0 saturated heterocycles. The second kappa shape index (κ2) is 6.06. The number of carbonyl (C=O) groups excluding carboxylic acids is 1. The van der Waals surface area contributed by atoms with Crippen LogP contribution in [0.2, 0.25) is 0 Å². The molecule has 0 fully saturated rings. The Morgan fingerprint density at radius 1 is 1.39 bits per heavy atom. The number of amides is 1. The Labute approximate surface area is 108 Å². The summed E-state index contributed by atoms with van der Waals surface area (Å²) in [6.07, 6.45) is 0.494. The molecule has 1 aromatic rings. The van der Waals surface area contributed by atoms with Crippen LogP contribution in [-0.2, 0) is 4.79 Å². The van der Waals surface area contributed by atoms with Crippen molar-refractivity contribution in [1.29, 1.82) is 5.26 Å². The lowest BCUT2D eigenvalue weighted by atomic mass is 10.1. The van der Waals surface area contributed by atoms with E-state index >= 15 is 0 Å². The first kappa shape index (κ1) is 14.0. The highest BCUT2D eigenvalue weighted by Crippen LogP contribution is 2.28. The summed E-state index contributed by atoms with van der Waals surface area (Å²) in [6, 6.07) is 5.80. The molecule has 0 N–H and O–H groups in total. The van der Waals surface area contributed by atoms with E-state index in [-0.39, 0.29) is 18.7 Å². The zero-order valence-electron chi connectivity index (χ0n) is 11.3. The number of benzene rings is 1. The minimum Gasteiger partial charge on any atom is -0.496 e. The largest absolute Gasteiger partial charge is 0.496 e. The number of nitrogens with zero attached hydrogens (tertiary/aromatic N) is 2. The highest BCUT2D eigenvalue weighted by atomic mass is 16.5. The van der Waals surface area contributed by atoms with Gasteiger partial charge in [0.15, 0.2) is 0 Å². The molecule has 0 unspecified atom stereocenters. The molecule has 0 atom stereocenters. The Bertz CT molecular complexity index is 466. The van der Waals surface area contributed by atoms with E-state index in [0.717, 1.165) is 22.6 Å². The van der Waals surface area contributed by atoms with Crippen molar-refractivity contribution < 1.29 is 9.53 Å². The van der Waals surface area contributed by atoms with E-state index < -0.39 is 0 Å². The quantitative estimate of drug-likeness (QED) is 0.820. The van der Waals surface area contributed by atoms with Crippen LogP contribution < -0.4 is 9.64 Å². The van der Waals surface area contributed by atoms with Crippen molar-refractivity contribution in [1.82, 2.24) is 0 Å². The van der Waals surface area contributed by atoms with Crippen molar-refractivity contribution >= 4 is 11.6 Å². The summed E-state index contributed by atoms with van der Waals surface area (Å²) in [5, 5.41) is 8.49. The number of ether oxygens (including phenoxy) is 1. The van der Waals surface area contributed by atoms with Crippen LogP contribution in [0.1, 0.15) is 24.0 Å². The summed E-state index contributed by atoms with van der Waals surface area (Å²) in [7, 11) is 3.36. The average Bonchev–Trinajstić information content (AvgIpc) is 2.34. The molecule has 1 rings (SSSR count). The Morgan fingerprint density at radius 2 is 1.94 bits per heavy atom. The predicted molar refractivity (Wildman–Crippen MR) is 70.7 cm³/mol. The van der Waals surface area contributed by atoms with Crippen molar-refractivity contribution in [2.75, 3.05) is 19.1 Å². The SMILES string of the molecule is COc1c(C)cc(N(C)C(=O)CCC#N)cc1C. The van der Waals surface area contributed by atoms with Crippen LogP contribution in [0.4, 0.5) is 5.69 Å². The summed E-state index contributed by atoms with van der Waals surface area (Å²) >= 11 is 0. The lowest BCUT2D eigenvalue weighted by molar-refractivity contribution is -0.118. The first-order chi connectivity index (χ1) is 8.51. The maximum atomic E-state index is 11.8. The monoisotopic (exact) mass is 246 g/mol. The molecule has 0 bridgehead atoms. The third kappa shape index (κ3) is 3.01. The number of anilines is 1. The Balaban J connectivity index is 2.97. The Hall–Kier alpha value is -2.02. The number of hydrogen-bond acceptors (Lipinski definition) is 3. The van der Waals surface area contributed by atoms with Gasteiger partial charge in [-0.1, -0.05) is 0 Å². The number of rotatable bonds is 4. The maximum absolute atomic E-state index is 11.8. The van der Waals surface area contributed by atoms with Gasteiger partial charge in [0.05, 0.1) is 13.2 Å². The molecule has 1 aromatic carbocycles. The van der Waals surface area contributed by atoms with Crippen molar-refractivity contribution in [3.8, 4) is 11.8 Å². The van der Waals surface area contributed by atoms with Gasteiger partial charge in [-0.3, -0.25) is 4.79 Å². The zero-order chi connectivity index (χ0) is 13.7. The highest BCUT2D eigenvalue weighted by molar-refractivity contribution is 5.93. The molecule has 18 heavy (non-hydrogen) atoms. The fraction of sp³-hybridized carbons (Fsp3) is 0.429. The molecule has 96 valence electrons. The van der Waals surface area contributed by atoms with Gasteiger partial charge in [-0.15, -0.1) is 0 Å².